The van der Waals surface area contributed by atoms with Crippen molar-refractivity contribution < 1.29 is 17.9 Å². The molecule has 0 unspecified atom stereocenters. The van der Waals surface area contributed by atoms with Crippen LogP contribution in [0.3, 0.4) is 0 Å². The molecule has 1 aromatic carbocycles. The van der Waals surface area contributed by atoms with E-state index in [0.717, 1.165) is 22.9 Å². The van der Waals surface area contributed by atoms with Gasteiger partial charge < -0.3 is 10.5 Å². The fourth-order valence-corrected chi connectivity index (χ4v) is 2.85. The van der Waals surface area contributed by atoms with Crippen LogP contribution in [0.15, 0.2) is 12.1 Å². The van der Waals surface area contributed by atoms with Crippen LogP contribution in [-0.4, -0.2) is 33.7 Å². The molecule has 0 spiro atoms. The zero-order valence-corrected chi connectivity index (χ0v) is 12.1. The summed E-state index contributed by atoms with van der Waals surface area (Å²) in [6, 6.07) is 3.62. The second-order valence-corrected chi connectivity index (χ2v) is 6.59. The van der Waals surface area contributed by atoms with E-state index in [-0.39, 0.29) is 12.6 Å². The number of ether oxygens (including phenoxy) is 1. The Morgan fingerprint density at radius 1 is 1.35 bits per heavy atom. The highest BCUT2D eigenvalue weighted by Crippen LogP contribution is 2.27. The molecular weight excluding hydrogens is 280 g/mol. The van der Waals surface area contributed by atoms with Crippen molar-refractivity contribution in [3.05, 3.63) is 34.4 Å². The van der Waals surface area contributed by atoms with Crippen molar-refractivity contribution in [2.75, 3.05) is 19.3 Å². The van der Waals surface area contributed by atoms with E-state index in [4.69, 9.17) is 10.5 Å². The first kappa shape index (κ1) is 15.0. The van der Waals surface area contributed by atoms with Crippen molar-refractivity contribution in [3.63, 3.8) is 0 Å². The van der Waals surface area contributed by atoms with Crippen molar-refractivity contribution in [2.45, 2.75) is 19.4 Å². The molecule has 6 nitrogen and oxygen atoms in total. The molecule has 0 atom stereocenters. The van der Waals surface area contributed by atoms with E-state index in [2.05, 4.69) is 4.72 Å². The summed E-state index contributed by atoms with van der Waals surface area (Å²) in [7, 11) is -3.22. The number of cyclic esters (lactones) is 1. The first-order chi connectivity index (χ1) is 9.42. The summed E-state index contributed by atoms with van der Waals surface area (Å²) in [6.07, 6.45) is 2.33. The van der Waals surface area contributed by atoms with E-state index in [9.17, 15) is 13.2 Å². The molecule has 0 aliphatic carbocycles. The second kappa shape index (κ2) is 5.90. The molecule has 1 aromatic rings. The van der Waals surface area contributed by atoms with E-state index in [1.807, 2.05) is 6.07 Å². The largest absolute Gasteiger partial charge is 0.457 e. The van der Waals surface area contributed by atoms with Crippen LogP contribution in [0.25, 0.3) is 0 Å². The van der Waals surface area contributed by atoms with Gasteiger partial charge in [-0.1, -0.05) is 6.07 Å². The smallest absolute Gasteiger partial charge is 0.338 e. The fourth-order valence-electron chi connectivity index (χ4n) is 2.38. The quantitative estimate of drug-likeness (QED) is 0.718. The lowest BCUT2D eigenvalue weighted by atomic mass is 9.93. The van der Waals surface area contributed by atoms with E-state index in [0.29, 0.717) is 31.5 Å². The summed E-state index contributed by atoms with van der Waals surface area (Å²) in [5, 5.41) is 0. The zero-order valence-electron chi connectivity index (χ0n) is 11.3. The van der Waals surface area contributed by atoms with Crippen LogP contribution in [0.5, 0.6) is 0 Å². The van der Waals surface area contributed by atoms with Gasteiger partial charge in [0.25, 0.3) is 0 Å². The van der Waals surface area contributed by atoms with E-state index in [1.54, 1.807) is 6.07 Å². The number of esters is 1. The van der Waals surface area contributed by atoms with Crippen molar-refractivity contribution in [2.24, 2.45) is 5.73 Å². The molecule has 0 saturated carbocycles. The highest BCUT2D eigenvalue weighted by atomic mass is 32.2. The summed E-state index contributed by atoms with van der Waals surface area (Å²) in [5.41, 5.74) is 9.03. The molecule has 0 bridgehead atoms. The third kappa shape index (κ3) is 3.36. The average Bonchev–Trinajstić information content (AvgIpc) is 2.72. The lowest BCUT2D eigenvalue weighted by molar-refractivity contribution is 0.0534. The second-order valence-electron chi connectivity index (χ2n) is 4.76. The Labute approximate surface area is 118 Å². The maximum Gasteiger partial charge on any atom is 0.338 e. The molecule has 0 amide bonds. The summed E-state index contributed by atoms with van der Waals surface area (Å²) < 4.78 is 29.7. The van der Waals surface area contributed by atoms with Crippen molar-refractivity contribution in [1.29, 1.82) is 0 Å². The van der Waals surface area contributed by atoms with E-state index < -0.39 is 10.0 Å². The zero-order chi connectivity index (χ0) is 14.8. The van der Waals surface area contributed by atoms with Crippen LogP contribution in [-0.2, 0) is 34.2 Å². The van der Waals surface area contributed by atoms with Crippen molar-refractivity contribution in [3.8, 4) is 0 Å². The molecule has 0 saturated heterocycles. The van der Waals surface area contributed by atoms with E-state index in [1.165, 1.54) is 0 Å². The fraction of sp³-hybridized carbons (Fsp3) is 0.462. The van der Waals surface area contributed by atoms with Gasteiger partial charge in [-0.15, -0.1) is 0 Å². The first-order valence-electron chi connectivity index (χ1n) is 6.38. The van der Waals surface area contributed by atoms with Gasteiger partial charge in [0, 0.05) is 12.1 Å². The van der Waals surface area contributed by atoms with Crippen LogP contribution >= 0.6 is 0 Å². The number of carbonyl (C=O) groups excluding carboxylic acids is 1. The van der Waals surface area contributed by atoms with Crippen LogP contribution in [0.4, 0.5) is 0 Å². The first-order valence-corrected chi connectivity index (χ1v) is 8.27. The van der Waals surface area contributed by atoms with Crippen LogP contribution in [0, 0.1) is 0 Å². The number of hydrogen-bond acceptors (Lipinski definition) is 5. The van der Waals surface area contributed by atoms with Crippen molar-refractivity contribution in [1.82, 2.24) is 4.72 Å². The molecule has 0 aromatic heterocycles. The Bertz CT molecular complexity index is 626. The Balaban J connectivity index is 2.26. The minimum absolute atomic E-state index is 0.251. The Morgan fingerprint density at radius 2 is 2.10 bits per heavy atom. The summed E-state index contributed by atoms with van der Waals surface area (Å²) in [4.78, 5) is 11.6. The van der Waals surface area contributed by atoms with Gasteiger partial charge in [-0.3, -0.25) is 0 Å². The molecule has 0 fully saturated rings. The molecule has 3 N–H and O–H groups in total. The molecule has 2 rings (SSSR count). The number of fused-ring (bicyclic) bond motifs is 1. The van der Waals surface area contributed by atoms with Crippen molar-refractivity contribution >= 4 is 16.0 Å². The van der Waals surface area contributed by atoms with Gasteiger partial charge in [-0.05, 0) is 36.6 Å². The highest BCUT2D eigenvalue weighted by Gasteiger charge is 2.25. The lowest BCUT2D eigenvalue weighted by Crippen LogP contribution is -2.25. The van der Waals surface area contributed by atoms with Crippen LogP contribution in [0.1, 0.15) is 27.0 Å². The Morgan fingerprint density at radius 3 is 2.75 bits per heavy atom. The van der Waals surface area contributed by atoms with E-state index >= 15 is 0 Å². The van der Waals surface area contributed by atoms with Gasteiger partial charge in [0.15, 0.2) is 0 Å². The normalized spacial score (nSPS) is 14.2. The molecule has 110 valence electrons. The standard InChI is InChI=1S/C13H18N2O4S/c1-20(17,18)15-7-5-10-9(4-6-14)2-3-11-12(10)8-19-13(11)16/h2-3,15H,4-8,14H2,1H3. The predicted molar refractivity (Wildman–Crippen MR) is 74.9 cm³/mol. The average molecular weight is 298 g/mol. The third-order valence-electron chi connectivity index (χ3n) is 3.25. The number of carbonyl (C=O) groups is 1. The van der Waals surface area contributed by atoms with Crippen LogP contribution in [0.2, 0.25) is 0 Å². The molecule has 7 heteroatoms. The topological polar surface area (TPSA) is 98.5 Å². The molecule has 20 heavy (non-hydrogen) atoms. The van der Waals surface area contributed by atoms with Gasteiger partial charge in [0.2, 0.25) is 10.0 Å². The number of nitrogens with two attached hydrogens (primary N) is 1. The van der Waals surface area contributed by atoms with Gasteiger partial charge in [0.05, 0.1) is 11.8 Å². The third-order valence-corrected chi connectivity index (χ3v) is 3.98. The monoisotopic (exact) mass is 298 g/mol. The molecule has 0 radical (unpaired) electrons. The predicted octanol–water partition coefficient (Wildman–Crippen LogP) is -0.0501. The van der Waals surface area contributed by atoms with Gasteiger partial charge in [0.1, 0.15) is 6.61 Å². The lowest BCUT2D eigenvalue weighted by Gasteiger charge is -2.12. The minimum atomic E-state index is -3.22. The molecule has 1 aliphatic heterocycles. The van der Waals surface area contributed by atoms with Gasteiger partial charge in [-0.2, -0.15) is 0 Å². The van der Waals surface area contributed by atoms with Gasteiger partial charge >= 0.3 is 5.97 Å². The van der Waals surface area contributed by atoms with Crippen LogP contribution < -0.4 is 10.5 Å². The minimum Gasteiger partial charge on any atom is -0.457 e. The van der Waals surface area contributed by atoms with Gasteiger partial charge in [-0.25, -0.2) is 17.9 Å². The number of benzene rings is 1. The SMILES string of the molecule is CS(=O)(=O)NCCc1c(CCN)ccc2c1COC2=O. The number of nitrogens with one attached hydrogen (secondary N) is 1. The maximum atomic E-state index is 11.6. The maximum absolute atomic E-state index is 11.6. The summed E-state index contributed by atoms with van der Waals surface area (Å²) >= 11 is 0. The Hall–Kier alpha value is -1.44. The highest BCUT2D eigenvalue weighted by molar-refractivity contribution is 7.88. The Kier molecular flexibility index (Phi) is 4.42. The molecule has 1 aliphatic rings. The number of rotatable bonds is 6. The molecule has 1 heterocycles. The summed E-state index contributed by atoms with van der Waals surface area (Å²) in [6.45, 7) is 1.04. The number of hydrogen-bond donors (Lipinski definition) is 2. The molecular formula is C13H18N2O4S. The number of sulfonamides is 1. The summed E-state index contributed by atoms with van der Waals surface area (Å²) in [5.74, 6) is -0.323.